The van der Waals surface area contributed by atoms with E-state index in [0.29, 0.717) is 6.54 Å². The van der Waals surface area contributed by atoms with Crippen molar-refractivity contribution < 1.29 is 4.79 Å². The molecule has 1 atom stereocenters. The van der Waals surface area contributed by atoms with Gasteiger partial charge < -0.3 is 9.80 Å². The number of rotatable bonds is 7. The molecule has 4 heteroatoms. The van der Waals surface area contributed by atoms with Crippen molar-refractivity contribution in [3.05, 3.63) is 67.0 Å². The van der Waals surface area contributed by atoms with Crippen LogP contribution in [0.15, 0.2) is 61.4 Å². The van der Waals surface area contributed by atoms with Gasteiger partial charge in [0.05, 0.1) is 5.92 Å². The summed E-state index contributed by atoms with van der Waals surface area (Å²) in [6.45, 7) is 8.29. The van der Waals surface area contributed by atoms with Gasteiger partial charge >= 0.3 is 0 Å². The van der Waals surface area contributed by atoms with Gasteiger partial charge in [0, 0.05) is 45.1 Å². The van der Waals surface area contributed by atoms with Gasteiger partial charge in [-0.05, 0) is 54.0 Å². The lowest BCUT2D eigenvalue weighted by molar-refractivity contribution is -0.134. The van der Waals surface area contributed by atoms with Gasteiger partial charge in [-0.25, -0.2) is 0 Å². The highest BCUT2D eigenvalue weighted by molar-refractivity contribution is 5.80. The fourth-order valence-electron chi connectivity index (χ4n) is 4.09. The van der Waals surface area contributed by atoms with E-state index in [4.69, 9.17) is 0 Å². The predicted octanol–water partition coefficient (Wildman–Crippen LogP) is 3.65. The van der Waals surface area contributed by atoms with Gasteiger partial charge in [0.2, 0.25) is 5.91 Å². The van der Waals surface area contributed by atoms with Crippen molar-refractivity contribution in [2.75, 3.05) is 32.7 Å². The van der Waals surface area contributed by atoms with Crippen molar-refractivity contribution in [2.24, 2.45) is 11.8 Å². The summed E-state index contributed by atoms with van der Waals surface area (Å²) in [5, 5.41) is 0. The molecule has 0 radical (unpaired) electrons. The first kappa shape index (κ1) is 18.9. The molecule has 2 aliphatic rings. The predicted molar refractivity (Wildman–Crippen MR) is 113 cm³/mol. The Hall–Kier alpha value is -2.46. The minimum atomic E-state index is 0.0213. The number of benzene rings is 1. The molecule has 4 rings (SSSR count). The lowest BCUT2D eigenvalue weighted by Gasteiger charge is -2.23. The van der Waals surface area contributed by atoms with Crippen LogP contribution in [0.2, 0.25) is 0 Å². The lowest BCUT2D eigenvalue weighted by atomic mass is 9.95. The standard InChI is InChI=1S/C24H29N3O/c1-2-13-27-15-14-26(17-20-3-4-20)18-23(24(27)28)16-19-5-7-21(8-6-19)22-9-11-25-12-10-22/h2,5-12,20,23H,1,3-4,13-18H2. The van der Waals surface area contributed by atoms with Crippen LogP contribution in [0.25, 0.3) is 11.1 Å². The summed E-state index contributed by atoms with van der Waals surface area (Å²) in [5.41, 5.74) is 3.57. The number of carbonyl (C=O) groups excluding carboxylic acids is 1. The maximum atomic E-state index is 13.1. The normalized spacial score (nSPS) is 20.8. The zero-order chi connectivity index (χ0) is 19.3. The van der Waals surface area contributed by atoms with E-state index in [1.807, 2.05) is 35.5 Å². The first-order chi connectivity index (χ1) is 13.7. The van der Waals surface area contributed by atoms with E-state index in [0.717, 1.165) is 38.5 Å². The molecular formula is C24H29N3O. The molecule has 146 valence electrons. The van der Waals surface area contributed by atoms with E-state index in [9.17, 15) is 4.79 Å². The number of aromatic nitrogens is 1. The Kier molecular flexibility index (Phi) is 5.87. The van der Waals surface area contributed by atoms with Crippen molar-refractivity contribution in [3.8, 4) is 11.1 Å². The quantitative estimate of drug-likeness (QED) is 0.693. The van der Waals surface area contributed by atoms with Crippen molar-refractivity contribution in [3.63, 3.8) is 0 Å². The van der Waals surface area contributed by atoms with Crippen LogP contribution in [-0.2, 0) is 11.2 Å². The van der Waals surface area contributed by atoms with Crippen LogP contribution in [0.4, 0.5) is 0 Å². The molecule has 2 aromatic rings. The topological polar surface area (TPSA) is 36.4 Å². The minimum absolute atomic E-state index is 0.0213. The molecule has 1 amide bonds. The summed E-state index contributed by atoms with van der Waals surface area (Å²) in [5.74, 6) is 1.14. The van der Waals surface area contributed by atoms with Gasteiger partial charge in [-0.1, -0.05) is 30.3 Å². The van der Waals surface area contributed by atoms with Gasteiger partial charge in [0.15, 0.2) is 0 Å². The Morgan fingerprint density at radius 2 is 1.75 bits per heavy atom. The molecule has 1 unspecified atom stereocenters. The second-order valence-corrected chi connectivity index (χ2v) is 8.11. The van der Waals surface area contributed by atoms with Gasteiger partial charge in [-0.15, -0.1) is 6.58 Å². The fraction of sp³-hybridized carbons (Fsp3) is 0.417. The minimum Gasteiger partial charge on any atom is -0.337 e. The molecule has 0 spiro atoms. The van der Waals surface area contributed by atoms with Crippen LogP contribution >= 0.6 is 0 Å². The second kappa shape index (κ2) is 8.70. The number of pyridine rings is 1. The first-order valence-corrected chi connectivity index (χ1v) is 10.3. The molecule has 28 heavy (non-hydrogen) atoms. The maximum Gasteiger partial charge on any atom is 0.227 e. The molecule has 1 aromatic carbocycles. The number of hydrogen-bond acceptors (Lipinski definition) is 3. The van der Waals surface area contributed by atoms with E-state index in [-0.39, 0.29) is 11.8 Å². The van der Waals surface area contributed by atoms with Gasteiger partial charge in [0.25, 0.3) is 0 Å². The number of hydrogen-bond donors (Lipinski definition) is 0. The lowest BCUT2D eigenvalue weighted by Crippen LogP contribution is -2.37. The van der Waals surface area contributed by atoms with Crippen molar-refractivity contribution >= 4 is 5.91 Å². The summed E-state index contributed by atoms with van der Waals surface area (Å²) < 4.78 is 0. The molecule has 4 nitrogen and oxygen atoms in total. The van der Waals surface area contributed by atoms with Crippen LogP contribution in [0, 0.1) is 11.8 Å². The van der Waals surface area contributed by atoms with E-state index >= 15 is 0 Å². The summed E-state index contributed by atoms with van der Waals surface area (Å²) in [4.78, 5) is 21.7. The monoisotopic (exact) mass is 375 g/mol. The first-order valence-electron chi connectivity index (χ1n) is 10.3. The van der Waals surface area contributed by atoms with Crippen LogP contribution in [0.5, 0.6) is 0 Å². The molecule has 1 saturated heterocycles. The Morgan fingerprint density at radius 3 is 2.43 bits per heavy atom. The Labute approximate surface area is 167 Å². The number of amides is 1. The Balaban J connectivity index is 1.48. The smallest absolute Gasteiger partial charge is 0.227 e. The highest BCUT2D eigenvalue weighted by Crippen LogP contribution is 2.31. The Morgan fingerprint density at radius 1 is 1.04 bits per heavy atom. The number of nitrogens with zero attached hydrogens (tertiary/aromatic N) is 3. The van der Waals surface area contributed by atoms with E-state index in [2.05, 4.69) is 40.7 Å². The summed E-state index contributed by atoms with van der Waals surface area (Å²) in [6, 6.07) is 12.7. The fourth-order valence-corrected chi connectivity index (χ4v) is 4.09. The second-order valence-electron chi connectivity index (χ2n) is 8.11. The zero-order valence-electron chi connectivity index (χ0n) is 16.5. The third-order valence-electron chi connectivity index (χ3n) is 5.84. The summed E-state index contributed by atoms with van der Waals surface area (Å²) in [7, 11) is 0. The third kappa shape index (κ3) is 4.68. The average Bonchev–Trinajstić information content (AvgIpc) is 3.56. The molecule has 2 heterocycles. The Bertz CT molecular complexity index is 798. The van der Waals surface area contributed by atoms with Gasteiger partial charge in [-0.2, -0.15) is 0 Å². The highest BCUT2D eigenvalue weighted by Gasteiger charge is 2.32. The van der Waals surface area contributed by atoms with E-state index < -0.39 is 0 Å². The summed E-state index contributed by atoms with van der Waals surface area (Å²) in [6.07, 6.45) is 8.97. The van der Waals surface area contributed by atoms with Crippen molar-refractivity contribution in [1.29, 1.82) is 0 Å². The molecule has 1 aromatic heterocycles. The van der Waals surface area contributed by atoms with Gasteiger partial charge in [0.1, 0.15) is 0 Å². The van der Waals surface area contributed by atoms with E-state index in [1.54, 1.807) is 0 Å². The SMILES string of the molecule is C=CCN1CCN(CC2CC2)CC(Cc2ccc(-c3ccncc3)cc2)C1=O. The van der Waals surface area contributed by atoms with Gasteiger partial charge in [-0.3, -0.25) is 9.78 Å². The van der Waals surface area contributed by atoms with Crippen molar-refractivity contribution in [1.82, 2.24) is 14.8 Å². The largest absolute Gasteiger partial charge is 0.337 e. The molecule has 2 fully saturated rings. The van der Waals surface area contributed by atoms with Crippen LogP contribution in [0.1, 0.15) is 18.4 Å². The molecule has 1 aliphatic carbocycles. The maximum absolute atomic E-state index is 13.1. The van der Waals surface area contributed by atoms with Crippen LogP contribution in [-0.4, -0.2) is 53.4 Å². The van der Waals surface area contributed by atoms with Crippen LogP contribution in [0.3, 0.4) is 0 Å². The third-order valence-corrected chi connectivity index (χ3v) is 5.84. The molecule has 0 N–H and O–H groups in total. The van der Waals surface area contributed by atoms with Crippen LogP contribution < -0.4 is 0 Å². The highest BCUT2D eigenvalue weighted by atomic mass is 16.2. The average molecular weight is 376 g/mol. The molecular weight excluding hydrogens is 346 g/mol. The molecule has 1 saturated carbocycles. The van der Waals surface area contributed by atoms with Crippen molar-refractivity contribution in [2.45, 2.75) is 19.3 Å². The zero-order valence-corrected chi connectivity index (χ0v) is 16.5. The number of carbonyl (C=O) groups is 1. The van der Waals surface area contributed by atoms with E-state index in [1.165, 1.54) is 29.5 Å². The molecule has 0 bridgehead atoms. The molecule has 1 aliphatic heterocycles. The summed E-state index contributed by atoms with van der Waals surface area (Å²) >= 11 is 0.